The Morgan fingerprint density at radius 3 is 1.67 bits per heavy atom. The summed E-state index contributed by atoms with van der Waals surface area (Å²) in [6.07, 6.45) is 6.22. The van der Waals surface area contributed by atoms with Crippen molar-refractivity contribution in [1.82, 2.24) is 0 Å². The van der Waals surface area contributed by atoms with Crippen LogP contribution in [0.5, 0.6) is 0 Å². The maximum absolute atomic E-state index is 2.56. The second-order valence-corrected chi connectivity index (χ2v) is 4.37. The zero-order valence-electron chi connectivity index (χ0n) is 5.65. The third-order valence-corrected chi connectivity index (χ3v) is 4.22. The number of hydrogen-bond acceptors (Lipinski definition) is 0. The van der Waals surface area contributed by atoms with Crippen LogP contribution in [0.25, 0.3) is 0 Å². The van der Waals surface area contributed by atoms with Crippen LogP contribution in [0.4, 0.5) is 0 Å². The quantitative estimate of drug-likeness (QED) is 0.485. The second kappa shape index (κ2) is 2.40. The van der Waals surface area contributed by atoms with E-state index in [9.17, 15) is 0 Å². The number of alkyl halides is 1. The van der Waals surface area contributed by atoms with Crippen molar-refractivity contribution in [2.75, 3.05) is 4.43 Å². The predicted molar refractivity (Wildman–Crippen MR) is 47.8 cm³/mol. The van der Waals surface area contributed by atoms with Gasteiger partial charge in [0.1, 0.15) is 0 Å². The van der Waals surface area contributed by atoms with Crippen molar-refractivity contribution in [2.45, 2.75) is 25.7 Å². The van der Waals surface area contributed by atoms with Gasteiger partial charge in [-0.05, 0) is 43.4 Å². The molecule has 0 spiro atoms. The highest BCUT2D eigenvalue weighted by atomic mass is 127. The van der Waals surface area contributed by atoms with Crippen molar-refractivity contribution in [3.8, 4) is 0 Å². The maximum Gasteiger partial charge on any atom is 0.00289 e. The Hall–Kier alpha value is 0.730. The van der Waals surface area contributed by atoms with E-state index in [1.54, 1.807) is 25.7 Å². The van der Waals surface area contributed by atoms with Gasteiger partial charge in [-0.2, -0.15) is 0 Å². The van der Waals surface area contributed by atoms with Crippen LogP contribution in [0, 0.1) is 17.8 Å². The average Bonchev–Trinajstić information content (AvgIpc) is 2.44. The smallest absolute Gasteiger partial charge is 0.00289 e. The summed E-state index contributed by atoms with van der Waals surface area (Å²) >= 11 is 2.56. The summed E-state index contributed by atoms with van der Waals surface area (Å²) in [7, 11) is 0. The van der Waals surface area contributed by atoms with Gasteiger partial charge in [0.25, 0.3) is 0 Å². The molecule has 0 nitrogen and oxygen atoms in total. The number of fused-ring (bicyclic) bond motifs is 2. The van der Waals surface area contributed by atoms with Crippen LogP contribution in [0.1, 0.15) is 25.7 Å². The summed E-state index contributed by atoms with van der Waals surface area (Å²) in [6, 6.07) is 0. The van der Waals surface area contributed by atoms with Gasteiger partial charge in [-0.15, -0.1) is 0 Å². The third kappa shape index (κ3) is 0.920. The molecule has 0 N–H and O–H groups in total. The van der Waals surface area contributed by atoms with Gasteiger partial charge in [-0.3, -0.25) is 0 Å². The molecule has 0 aromatic rings. The van der Waals surface area contributed by atoms with Crippen LogP contribution in [-0.4, -0.2) is 4.43 Å². The molecule has 9 heavy (non-hydrogen) atoms. The molecule has 0 atom stereocenters. The van der Waals surface area contributed by atoms with Gasteiger partial charge in [-0.25, -0.2) is 0 Å². The molecule has 0 aliphatic heterocycles. The summed E-state index contributed by atoms with van der Waals surface area (Å²) < 4.78 is 1.42. The molecule has 2 rings (SSSR count). The topological polar surface area (TPSA) is 0 Å². The molecule has 0 aromatic heterocycles. The minimum absolute atomic E-state index is 1.13. The number of rotatable bonds is 1. The molecule has 0 aromatic carbocycles. The zero-order valence-corrected chi connectivity index (χ0v) is 7.80. The van der Waals surface area contributed by atoms with Gasteiger partial charge < -0.3 is 0 Å². The Kier molecular flexibility index (Phi) is 1.72. The Bertz CT molecular complexity index is 91.1. The van der Waals surface area contributed by atoms with E-state index in [1.165, 1.54) is 4.43 Å². The Balaban J connectivity index is 2.08. The lowest BCUT2D eigenvalue weighted by Crippen LogP contribution is -2.06. The largest absolute Gasteiger partial charge is 0.0861 e. The van der Waals surface area contributed by atoms with Gasteiger partial charge in [-0.1, -0.05) is 22.6 Å². The van der Waals surface area contributed by atoms with Gasteiger partial charge in [0.15, 0.2) is 0 Å². The van der Waals surface area contributed by atoms with E-state index in [0.29, 0.717) is 0 Å². The minimum Gasteiger partial charge on any atom is -0.0861 e. The van der Waals surface area contributed by atoms with Crippen LogP contribution in [0.15, 0.2) is 0 Å². The highest BCUT2D eigenvalue weighted by Gasteiger charge is 2.40. The molecular weight excluding hydrogens is 223 g/mol. The first-order valence-corrected chi connectivity index (χ1v) is 5.50. The lowest BCUT2D eigenvalue weighted by molar-refractivity contribution is 0.462. The van der Waals surface area contributed by atoms with Crippen molar-refractivity contribution < 1.29 is 0 Å². The highest BCUT2D eigenvalue weighted by molar-refractivity contribution is 14.1. The number of hydrogen-bond donors (Lipinski definition) is 0. The fourth-order valence-corrected chi connectivity index (χ4v) is 4.08. The first-order chi connectivity index (χ1) is 4.42. The SMILES string of the molecule is ICC1C2CCC1CC2. The van der Waals surface area contributed by atoms with E-state index >= 15 is 0 Å². The summed E-state index contributed by atoms with van der Waals surface area (Å²) in [5.41, 5.74) is 0. The van der Waals surface area contributed by atoms with Crippen molar-refractivity contribution in [2.24, 2.45) is 17.8 Å². The summed E-state index contributed by atoms with van der Waals surface area (Å²) in [5, 5.41) is 0. The van der Waals surface area contributed by atoms with Crippen LogP contribution in [-0.2, 0) is 0 Å². The van der Waals surface area contributed by atoms with Gasteiger partial charge in [0, 0.05) is 4.43 Å². The molecule has 2 fully saturated rings. The Morgan fingerprint density at radius 2 is 1.44 bits per heavy atom. The van der Waals surface area contributed by atoms with Gasteiger partial charge in [0.05, 0.1) is 0 Å². The van der Waals surface area contributed by atoms with Crippen molar-refractivity contribution in [3.63, 3.8) is 0 Å². The summed E-state index contributed by atoms with van der Waals surface area (Å²) in [4.78, 5) is 0. The van der Waals surface area contributed by atoms with E-state index in [2.05, 4.69) is 22.6 Å². The number of halogens is 1. The molecule has 2 aliphatic rings. The first kappa shape index (κ1) is 6.44. The molecular formula is C8H13I. The average molecular weight is 236 g/mol. The Labute approximate surface area is 70.5 Å². The van der Waals surface area contributed by atoms with Crippen LogP contribution in [0.3, 0.4) is 0 Å². The van der Waals surface area contributed by atoms with Crippen molar-refractivity contribution >= 4 is 22.6 Å². The Morgan fingerprint density at radius 1 is 1.00 bits per heavy atom. The fraction of sp³-hybridized carbons (Fsp3) is 1.00. The standard InChI is InChI=1S/C8H13I/c9-5-8-6-1-2-7(8)4-3-6/h6-8H,1-5H2. The van der Waals surface area contributed by atoms with Crippen LogP contribution < -0.4 is 0 Å². The van der Waals surface area contributed by atoms with E-state index in [-0.39, 0.29) is 0 Å². The van der Waals surface area contributed by atoms with E-state index in [0.717, 1.165) is 17.8 Å². The van der Waals surface area contributed by atoms with E-state index < -0.39 is 0 Å². The zero-order chi connectivity index (χ0) is 6.27. The van der Waals surface area contributed by atoms with Gasteiger partial charge in [0.2, 0.25) is 0 Å². The molecule has 2 saturated carbocycles. The molecule has 0 heterocycles. The molecule has 0 saturated heterocycles. The molecule has 2 bridgehead atoms. The maximum atomic E-state index is 2.56. The third-order valence-electron chi connectivity index (χ3n) is 3.21. The predicted octanol–water partition coefficient (Wildman–Crippen LogP) is 2.86. The van der Waals surface area contributed by atoms with E-state index in [4.69, 9.17) is 0 Å². The lowest BCUT2D eigenvalue weighted by atomic mass is 10.0. The molecule has 0 unspecified atom stereocenters. The van der Waals surface area contributed by atoms with Crippen LogP contribution in [0.2, 0.25) is 0 Å². The molecule has 2 aliphatic carbocycles. The molecule has 52 valence electrons. The van der Waals surface area contributed by atoms with Crippen LogP contribution >= 0.6 is 22.6 Å². The van der Waals surface area contributed by atoms with Gasteiger partial charge >= 0.3 is 0 Å². The van der Waals surface area contributed by atoms with E-state index in [1.807, 2.05) is 0 Å². The lowest BCUT2D eigenvalue weighted by Gasteiger charge is -2.09. The molecule has 0 amide bonds. The fourth-order valence-electron chi connectivity index (χ4n) is 2.64. The summed E-state index contributed by atoms with van der Waals surface area (Å²) in [5.74, 6) is 3.42. The normalized spacial score (nSPS) is 48.3. The summed E-state index contributed by atoms with van der Waals surface area (Å²) in [6.45, 7) is 0. The second-order valence-electron chi connectivity index (χ2n) is 3.49. The monoisotopic (exact) mass is 236 g/mol. The molecule has 1 heteroatoms. The van der Waals surface area contributed by atoms with Crippen molar-refractivity contribution in [1.29, 1.82) is 0 Å². The molecule has 0 radical (unpaired) electrons. The highest BCUT2D eigenvalue weighted by Crippen LogP contribution is 2.49. The first-order valence-electron chi connectivity index (χ1n) is 3.98. The minimum atomic E-state index is 1.13. The van der Waals surface area contributed by atoms with Crippen molar-refractivity contribution in [3.05, 3.63) is 0 Å².